The summed E-state index contributed by atoms with van der Waals surface area (Å²) in [6.07, 6.45) is -10.1. The SMILES string of the molecule is Cc1ccc(-c2ccc3c(c2)c2ccccc2n3-c2ccc(C#N)c(-c3cc(-c4ccc(C(F)(F)F)cc4C(F)(F)F)ccc3-n3c4ccccc4c4cc(-c5ccc(C)cc5)ccc43)c2)cc1. The molecule has 0 aliphatic carbocycles. The highest BCUT2D eigenvalue weighted by Crippen LogP contribution is 2.45. The van der Waals surface area contributed by atoms with Gasteiger partial charge in [0.25, 0.3) is 0 Å². The summed E-state index contributed by atoms with van der Waals surface area (Å²) in [5.41, 5.74) is 8.95. The molecule has 9 aromatic carbocycles. The molecule has 11 rings (SSSR count). The fraction of sp³-hybridized carbons (Fsp3) is 0.0678. The molecule has 0 amide bonds. The first-order valence-electron chi connectivity index (χ1n) is 21.9. The third-order valence-electron chi connectivity index (χ3n) is 13.0. The van der Waals surface area contributed by atoms with Gasteiger partial charge in [0.1, 0.15) is 0 Å². The number of halogens is 6. The van der Waals surface area contributed by atoms with Crippen LogP contribution in [0.1, 0.15) is 27.8 Å². The Bertz CT molecular complexity index is 3840. The fourth-order valence-corrected chi connectivity index (χ4v) is 9.65. The van der Waals surface area contributed by atoms with Gasteiger partial charge in [0.05, 0.1) is 50.5 Å². The van der Waals surface area contributed by atoms with E-state index in [0.29, 0.717) is 28.6 Å². The van der Waals surface area contributed by atoms with E-state index in [-0.39, 0.29) is 17.2 Å². The minimum Gasteiger partial charge on any atom is -0.309 e. The number of nitriles is 1. The average Bonchev–Trinajstić information content (AvgIpc) is 3.85. The number of aryl methyl sites for hydroxylation is 2. The van der Waals surface area contributed by atoms with Crippen LogP contribution in [0, 0.1) is 25.2 Å². The van der Waals surface area contributed by atoms with Gasteiger partial charge < -0.3 is 9.13 Å². The summed E-state index contributed by atoms with van der Waals surface area (Å²) in [5, 5.41) is 14.7. The smallest absolute Gasteiger partial charge is 0.309 e. The van der Waals surface area contributed by atoms with Crippen molar-refractivity contribution in [2.45, 2.75) is 26.2 Å². The summed E-state index contributed by atoms with van der Waals surface area (Å²) >= 11 is 0. The van der Waals surface area contributed by atoms with Crippen molar-refractivity contribution in [1.82, 2.24) is 9.13 Å². The second-order valence-corrected chi connectivity index (χ2v) is 17.2. The molecule has 0 spiro atoms. The van der Waals surface area contributed by atoms with Crippen molar-refractivity contribution < 1.29 is 26.3 Å². The third-order valence-corrected chi connectivity index (χ3v) is 13.0. The Morgan fingerprint density at radius 3 is 1.47 bits per heavy atom. The topological polar surface area (TPSA) is 33.6 Å². The molecule has 0 N–H and O–H groups in total. The summed E-state index contributed by atoms with van der Waals surface area (Å²) < 4.78 is 90.5. The molecule has 2 aromatic heterocycles. The number of hydrogen-bond acceptors (Lipinski definition) is 1. The van der Waals surface area contributed by atoms with Crippen LogP contribution in [0.4, 0.5) is 26.3 Å². The Labute approximate surface area is 387 Å². The summed E-state index contributed by atoms with van der Waals surface area (Å²) in [7, 11) is 0. The van der Waals surface area contributed by atoms with Crippen LogP contribution in [0.3, 0.4) is 0 Å². The van der Waals surface area contributed by atoms with Crippen LogP contribution in [0.25, 0.3) is 99.5 Å². The molecule has 0 aliphatic heterocycles. The number of hydrogen-bond donors (Lipinski definition) is 0. The van der Waals surface area contributed by atoms with Gasteiger partial charge in [0.2, 0.25) is 0 Å². The van der Waals surface area contributed by atoms with E-state index in [1.165, 1.54) is 6.07 Å². The van der Waals surface area contributed by atoms with Crippen LogP contribution in [0.15, 0.2) is 188 Å². The van der Waals surface area contributed by atoms with Crippen LogP contribution in [0.5, 0.6) is 0 Å². The quantitative estimate of drug-likeness (QED) is 0.153. The maximum absolute atomic E-state index is 14.9. The number of para-hydroxylation sites is 2. The summed E-state index contributed by atoms with van der Waals surface area (Å²) in [5.74, 6) is 0. The minimum absolute atomic E-state index is 0.0296. The van der Waals surface area contributed by atoms with E-state index in [2.05, 4.69) is 89.5 Å². The van der Waals surface area contributed by atoms with E-state index in [1.807, 2.05) is 85.1 Å². The second-order valence-electron chi connectivity index (χ2n) is 17.2. The molecule has 0 saturated heterocycles. The molecule has 9 heteroatoms. The van der Waals surface area contributed by atoms with Gasteiger partial charge in [-0.25, -0.2) is 0 Å². The first-order chi connectivity index (χ1) is 32.7. The number of alkyl halides is 6. The Morgan fingerprint density at radius 1 is 0.397 bits per heavy atom. The summed E-state index contributed by atoms with van der Waals surface area (Å²) in [6, 6.07) is 59.2. The van der Waals surface area contributed by atoms with Crippen molar-refractivity contribution in [1.29, 1.82) is 5.26 Å². The average molecular weight is 902 g/mol. The van der Waals surface area contributed by atoms with Gasteiger partial charge in [-0.15, -0.1) is 0 Å². The van der Waals surface area contributed by atoms with E-state index in [0.717, 1.165) is 83.1 Å². The number of aromatic nitrogens is 2. The second kappa shape index (κ2) is 15.9. The highest BCUT2D eigenvalue weighted by molar-refractivity contribution is 6.12. The van der Waals surface area contributed by atoms with Gasteiger partial charge in [-0.05, 0) is 126 Å². The zero-order chi connectivity index (χ0) is 47.1. The minimum atomic E-state index is -5.12. The lowest BCUT2D eigenvalue weighted by Gasteiger charge is -2.20. The van der Waals surface area contributed by atoms with Gasteiger partial charge in [-0.3, -0.25) is 0 Å². The van der Waals surface area contributed by atoms with Crippen LogP contribution in [0.2, 0.25) is 0 Å². The molecule has 0 bridgehead atoms. The molecule has 0 radical (unpaired) electrons. The van der Waals surface area contributed by atoms with Crippen molar-refractivity contribution >= 4 is 43.6 Å². The summed E-state index contributed by atoms with van der Waals surface area (Å²) in [6.45, 7) is 4.08. The van der Waals surface area contributed by atoms with Gasteiger partial charge in [0.15, 0.2) is 0 Å². The van der Waals surface area contributed by atoms with Gasteiger partial charge in [-0.1, -0.05) is 120 Å². The molecular formula is C59H37F6N3. The molecule has 68 heavy (non-hydrogen) atoms. The van der Waals surface area contributed by atoms with E-state index in [9.17, 15) is 31.6 Å². The van der Waals surface area contributed by atoms with E-state index < -0.39 is 29.0 Å². The maximum atomic E-state index is 14.9. The highest BCUT2D eigenvalue weighted by atomic mass is 19.4. The zero-order valence-electron chi connectivity index (χ0n) is 36.5. The molecule has 0 atom stereocenters. The lowest BCUT2D eigenvalue weighted by Crippen LogP contribution is -2.12. The predicted octanol–water partition coefficient (Wildman–Crippen LogP) is 17.1. The zero-order valence-corrected chi connectivity index (χ0v) is 36.5. The summed E-state index contributed by atoms with van der Waals surface area (Å²) in [4.78, 5) is 0. The molecule has 11 aromatic rings. The monoisotopic (exact) mass is 901 g/mol. The predicted molar refractivity (Wildman–Crippen MR) is 261 cm³/mol. The Morgan fingerprint density at radius 2 is 0.912 bits per heavy atom. The molecule has 0 fully saturated rings. The number of fused-ring (bicyclic) bond motifs is 6. The van der Waals surface area contributed by atoms with Crippen molar-refractivity contribution in [2.24, 2.45) is 0 Å². The fourth-order valence-electron chi connectivity index (χ4n) is 9.65. The molecule has 0 saturated carbocycles. The van der Waals surface area contributed by atoms with Crippen molar-refractivity contribution in [3.05, 3.63) is 216 Å². The molecule has 0 aliphatic rings. The van der Waals surface area contributed by atoms with Crippen molar-refractivity contribution in [2.75, 3.05) is 0 Å². The lowest BCUT2D eigenvalue weighted by atomic mass is 9.91. The number of rotatable bonds is 6. The third kappa shape index (κ3) is 7.17. The largest absolute Gasteiger partial charge is 0.417 e. The standard InChI is InChI=1S/C59H37F6N3/c1-35-11-15-37(16-12-35)39-20-26-55-49(29-39)46-7-3-5-9-53(46)67(55)44-24-19-42(34-66)48(33-44)51-31-41(45-25-23-43(58(60,61)62)32-52(45)59(63,64)65)22-28-57(51)68-54-10-6-4-8-47(54)50-30-40(21-27-56(50)68)38-17-13-36(2)14-18-38/h3-33H,1-2H3. The maximum Gasteiger partial charge on any atom is 0.417 e. The van der Waals surface area contributed by atoms with Gasteiger partial charge in [-0.2, -0.15) is 31.6 Å². The van der Waals surface area contributed by atoms with E-state index in [4.69, 9.17) is 0 Å². The number of nitrogens with zero attached hydrogens (tertiary/aromatic N) is 3. The van der Waals surface area contributed by atoms with E-state index >= 15 is 0 Å². The number of benzene rings is 9. The molecule has 2 heterocycles. The van der Waals surface area contributed by atoms with Gasteiger partial charge in [0, 0.05) is 38.4 Å². The van der Waals surface area contributed by atoms with Crippen LogP contribution >= 0.6 is 0 Å². The highest BCUT2D eigenvalue weighted by Gasteiger charge is 2.38. The molecule has 330 valence electrons. The van der Waals surface area contributed by atoms with E-state index in [1.54, 1.807) is 18.2 Å². The Balaban J connectivity index is 1.18. The first-order valence-corrected chi connectivity index (χ1v) is 21.9. The van der Waals surface area contributed by atoms with Crippen LogP contribution < -0.4 is 0 Å². The van der Waals surface area contributed by atoms with Crippen LogP contribution in [-0.2, 0) is 12.4 Å². The Kier molecular flexibility index (Phi) is 9.90. The van der Waals surface area contributed by atoms with Gasteiger partial charge >= 0.3 is 12.4 Å². The van der Waals surface area contributed by atoms with Crippen LogP contribution in [-0.4, -0.2) is 9.13 Å². The first kappa shape index (κ1) is 42.3. The van der Waals surface area contributed by atoms with Crippen molar-refractivity contribution in [3.8, 4) is 62.0 Å². The normalized spacial score (nSPS) is 12.1. The molecule has 3 nitrogen and oxygen atoms in total. The van der Waals surface area contributed by atoms with Crippen molar-refractivity contribution in [3.63, 3.8) is 0 Å². The lowest BCUT2D eigenvalue weighted by molar-refractivity contribution is -0.142. The Hall–Kier alpha value is -8.35. The molecule has 0 unspecified atom stereocenters. The molecular weight excluding hydrogens is 865 g/mol.